The number of ether oxygens (including phenoxy) is 1. The van der Waals surface area contributed by atoms with Gasteiger partial charge in [-0.25, -0.2) is 0 Å². The van der Waals surface area contributed by atoms with Crippen molar-refractivity contribution in [1.29, 1.82) is 0 Å². The van der Waals surface area contributed by atoms with Gasteiger partial charge >= 0.3 is 0 Å². The van der Waals surface area contributed by atoms with Crippen LogP contribution in [0.15, 0.2) is 12.3 Å². The minimum absolute atomic E-state index is 0.0598. The summed E-state index contributed by atoms with van der Waals surface area (Å²) in [6, 6.07) is 1.76. The monoisotopic (exact) mass is 227 g/mol. The van der Waals surface area contributed by atoms with Crippen molar-refractivity contribution in [3.8, 4) is 0 Å². The zero-order chi connectivity index (χ0) is 10.7. The van der Waals surface area contributed by atoms with E-state index in [4.69, 9.17) is 16.3 Å². The van der Waals surface area contributed by atoms with Gasteiger partial charge in [-0.1, -0.05) is 11.6 Å². The van der Waals surface area contributed by atoms with Crippen LogP contribution in [0.5, 0.6) is 0 Å². The Balaban J connectivity index is 1.92. The van der Waals surface area contributed by atoms with Crippen molar-refractivity contribution in [3.63, 3.8) is 0 Å². The average Bonchev–Trinajstić information content (AvgIpc) is 2.63. The fraction of sp³-hybridized carbons (Fsp3) is 0.600. The average molecular weight is 228 g/mol. The number of hydrogen-bond donors (Lipinski definition) is 1. The van der Waals surface area contributed by atoms with Gasteiger partial charge < -0.3 is 10.1 Å². The minimum atomic E-state index is -0.0598. The number of hydrogen-bond acceptors (Lipinski definition) is 4. The lowest BCUT2D eigenvalue weighted by molar-refractivity contribution is 0.0315. The largest absolute Gasteiger partial charge is 0.381 e. The molecule has 1 saturated heterocycles. The van der Waals surface area contributed by atoms with Crippen LogP contribution in [0.4, 0.5) is 5.69 Å². The highest BCUT2D eigenvalue weighted by Gasteiger charge is 2.29. The van der Waals surface area contributed by atoms with Gasteiger partial charge in [0.2, 0.25) is 0 Å². The summed E-state index contributed by atoms with van der Waals surface area (Å²) in [4.78, 5) is 0. The van der Waals surface area contributed by atoms with E-state index in [0.717, 1.165) is 31.7 Å². The summed E-state index contributed by atoms with van der Waals surface area (Å²) in [5, 5.41) is 11.1. The van der Waals surface area contributed by atoms with E-state index in [-0.39, 0.29) is 5.60 Å². The van der Waals surface area contributed by atoms with E-state index in [2.05, 4.69) is 22.4 Å². The molecule has 1 aliphatic rings. The van der Waals surface area contributed by atoms with Gasteiger partial charge in [0.15, 0.2) is 5.15 Å². The number of nitrogens with zero attached hydrogens (tertiary/aromatic N) is 2. The van der Waals surface area contributed by atoms with Crippen molar-refractivity contribution in [2.45, 2.75) is 25.4 Å². The molecule has 5 heteroatoms. The summed E-state index contributed by atoms with van der Waals surface area (Å²) in [5.74, 6) is 0. The molecule has 1 aliphatic heterocycles. The van der Waals surface area contributed by atoms with Crippen LogP contribution in [-0.2, 0) is 4.74 Å². The van der Waals surface area contributed by atoms with E-state index in [1.807, 2.05) is 0 Å². The van der Waals surface area contributed by atoms with Crippen molar-refractivity contribution >= 4 is 17.3 Å². The molecule has 82 valence electrons. The molecule has 1 aromatic heterocycles. The molecule has 1 aromatic rings. The summed E-state index contributed by atoms with van der Waals surface area (Å²) in [5.41, 5.74) is 0.821. The van der Waals surface area contributed by atoms with Gasteiger partial charge in [0.25, 0.3) is 0 Å². The van der Waals surface area contributed by atoms with Gasteiger partial charge in [-0.05, 0) is 19.8 Å². The van der Waals surface area contributed by atoms with Crippen LogP contribution in [-0.4, -0.2) is 29.0 Å². The van der Waals surface area contributed by atoms with Gasteiger partial charge in [0.1, 0.15) is 0 Å². The van der Waals surface area contributed by atoms with Crippen LogP contribution in [0.1, 0.15) is 19.8 Å². The van der Waals surface area contributed by atoms with Gasteiger partial charge in [-0.2, -0.15) is 5.10 Å². The van der Waals surface area contributed by atoms with Crippen molar-refractivity contribution in [2.24, 2.45) is 0 Å². The Morgan fingerprint density at radius 1 is 1.67 bits per heavy atom. The molecule has 15 heavy (non-hydrogen) atoms. The van der Waals surface area contributed by atoms with Crippen LogP contribution < -0.4 is 5.32 Å². The molecule has 4 nitrogen and oxygen atoms in total. The lowest BCUT2D eigenvalue weighted by atomic mass is 10.0. The third-order valence-corrected chi connectivity index (χ3v) is 2.78. The topological polar surface area (TPSA) is 47.0 Å². The molecule has 0 radical (unpaired) electrons. The predicted octanol–water partition coefficient (Wildman–Crippen LogP) is 2.11. The predicted molar refractivity (Wildman–Crippen MR) is 59.1 cm³/mol. The summed E-state index contributed by atoms with van der Waals surface area (Å²) in [6.07, 6.45) is 3.88. The Labute approximate surface area is 94.0 Å². The molecule has 0 spiro atoms. The van der Waals surface area contributed by atoms with Crippen LogP contribution in [0.3, 0.4) is 0 Å². The molecule has 0 amide bonds. The number of anilines is 1. The number of halogens is 1. The quantitative estimate of drug-likeness (QED) is 0.859. The normalized spacial score (nSPS) is 25.5. The fourth-order valence-corrected chi connectivity index (χ4v) is 1.86. The Morgan fingerprint density at radius 3 is 3.20 bits per heavy atom. The van der Waals surface area contributed by atoms with Crippen molar-refractivity contribution < 1.29 is 4.74 Å². The Kier molecular flexibility index (Phi) is 3.07. The second-order valence-electron chi connectivity index (χ2n) is 4.02. The second kappa shape index (κ2) is 4.33. The zero-order valence-electron chi connectivity index (χ0n) is 8.66. The molecule has 0 aromatic carbocycles. The molecule has 1 N–H and O–H groups in total. The van der Waals surface area contributed by atoms with E-state index in [1.54, 1.807) is 12.3 Å². The lowest BCUT2D eigenvalue weighted by Crippen LogP contribution is -2.32. The van der Waals surface area contributed by atoms with Crippen molar-refractivity contribution in [3.05, 3.63) is 17.4 Å². The molecule has 1 fully saturated rings. The molecule has 1 unspecified atom stereocenters. The van der Waals surface area contributed by atoms with Crippen LogP contribution in [0.2, 0.25) is 5.15 Å². The Bertz CT molecular complexity index is 339. The summed E-state index contributed by atoms with van der Waals surface area (Å²) < 4.78 is 5.66. The van der Waals surface area contributed by atoms with Crippen molar-refractivity contribution in [2.75, 3.05) is 18.5 Å². The molecule has 2 rings (SSSR count). The zero-order valence-corrected chi connectivity index (χ0v) is 9.42. The maximum Gasteiger partial charge on any atom is 0.153 e. The summed E-state index contributed by atoms with van der Waals surface area (Å²) in [6.45, 7) is 3.74. The van der Waals surface area contributed by atoms with Gasteiger partial charge in [0.05, 0.1) is 17.5 Å². The van der Waals surface area contributed by atoms with Gasteiger partial charge in [-0.3, -0.25) is 0 Å². The first-order chi connectivity index (χ1) is 7.18. The highest BCUT2D eigenvalue weighted by Crippen LogP contribution is 2.25. The Morgan fingerprint density at radius 2 is 2.53 bits per heavy atom. The van der Waals surface area contributed by atoms with E-state index >= 15 is 0 Å². The third kappa shape index (κ3) is 2.79. The first kappa shape index (κ1) is 10.6. The number of aromatic nitrogens is 2. The smallest absolute Gasteiger partial charge is 0.153 e. The molecular formula is C10H14ClN3O. The summed E-state index contributed by atoms with van der Waals surface area (Å²) in [7, 11) is 0. The fourth-order valence-electron chi connectivity index (χ4n) is 1.70. The standard InChI is InChI=1S/C10H14ClN3O/c1-10(3-2-4-15-10)7-12-8-5-9(11)14-13-6-8/h5-6H,2-4,7H2,1H3,(H,12,14). The minimum Gasteiger partial charge on any atom is -0.381 e. The van der Waals surface area contributed by atoms with Crippen molar-refractivity contribution in [1.82, 2.24) is 10.2 Å². The van der Waals surface area contributed by atoms with E-state index in [0.29, 0.717) is 5.15 Å². The molecule has 2 heterocycles. The molecule has 0 aliphatic carbocycles. The molecule has 0 saturated carbocycles. The third-order valence-electron chi connectivity index (χ3n) is 2.59. The van der Waals surface area contributed by atoms with Gasteiger partial charge in [0, 0.05) is 19.2 Å². The second-order valence-corrected chi connectivity index (χ2v) is 4.41. The van der Waals surface area contributed by atoms with E-state index < -0.39 is 0 Å². The number of nitrogens with one attached hydrogen (secondary N) is 1. The lowest BCUT2D eigenvalue weighted by Gasteiger charge is -2.23. The first-order valence-corrected chi connectivity index (χ1v) is 5.42. The maximum atomic E-state index is 5.73. The first-order valence-electron chi connectivity index (χ1n) is 5.04. The summed E-state index contributed by atoms with van der Waals surface area (Å²) >= 11 is 5.73. The van der Waals surface area contributed by atoms with Crippen LogP contribution >= 0.6 is 11.6 Å². The highest BCUT2D eigenvalue weighted by molar-refractivity contribution is 6.29. The SMILES string of the molecule is CC1(CNc2cnnc(Cl)c2)CCCO1. The van der Waals surface area contributed by atoms with Crippen LogP contribution in [0, 0.1) is 0 Å². The van der Waals surface area contributed by atoms with E-state index in [9.17, 15) is 0 Å². The Hall–Kier alpha value is -0.870. The molecule has 0 bridgehead atoms. The van der Waals surface area contributed by atoms with E-state index in [1.165, 1.54) is 0 Å². The molecule has 1 atom stereocenters. The van der Waals surface area contributed by atoms with Gasteiger partial charge in [-0.15, -0.1) is 5.10 Å². The number of rotatable bonds is 3. The highest BCUT2D eigenvalue weighted by atomic mass is 35.5. The molecular weight excluding hydrogens is 214 g/mol. The maximum absolute atomic E-state index is 5.73. The van der Waals surface area contributed by atoms with Crippen LogP contribution in [0.25, 0.3) is 0 Å².